The first kappa shape index (κ1) is 7.85. The van der Waals surface area contributed by atoms with E-state index in [0.717, 1.165) is 5.56 Å². The molecule has 0 saturated carbocycles. The van der Waals surface area contributed by atoms with E-state index in [4.69, 9.17) is 9.15 Å². The normalized spacial score (nSPS) is 9.64. The highest BCUT2D eigenvalue weighted by atomic mass is 16.5. The average Bonchev–Trinajstić information content (AvgIpc) is 2.34. The van der Waals surface area contributed by atoms with Crippen LogP contribution in [0.3, 0.4) is 0 Å². The number of ether oxygens (including phenoxy) is 1. The summed E-state index contributed by atoms with van der Waals surface area (Å²) in [6.45, 7) is 4.25. The fourth-order valence-corrected chi connectivity index (χ4v) is 0.829. The van der Waals surface area contributed by atoms with Crippen LogP contribution >= 0.6 is 0 Å². The van der Waals surface area contributed by atoms with Gasteiger partial charge in [-0.05, 0) is 13.8 Å². The molecule has 0 saturated heterocycles. The van der Waals surface area contributed by atoms with Crippen LogP contribution in [0.25, 0.3) is 0 Å². The first-order chi connectivity index (χ1) is 5.29. The van der Waals surface area contributed by atoms with E-state index in [1.54, 1.807) is 6.92 Å². The summed E-state index contributed by atoms with van der Waals surface area (Å²) in [5.41, 5.74) is 0.766. The topological polar surface area (TPSA) is 39.4 Å². The predicted molar refractivity (Wildman–Crippen MR) is 40.0 cm³/mol. The number of hydrogen-bond acceptors (Lipinski definition) is 3. The van der Waals surface area contributed by atoms with Crippen LogP contribution in [0.5, 0.6) is 5.75 Å². The van der Waals surface area contributed by atoms with Crippen LogP contribution in [0, 0.1) is 6.92 Å². The van der Waals surface area contributed by atoms with Gasteiger partial charge in [0.25, 0.3) is 0 Å². The van der Waals surface area contributed by atoms with E-state index in [9.17, 15) is 4.79 Å². The van der Waals surface area contributed by atoms with Gasteiger partial charge < -0.3 is 9.15 Å². The van der Waals surface area contributed by atoms with E-state index >= 15 is 0 Å². The minimum atomic E-state index is 0.341. The SMILES string of the molecule is CCOc1coc(C=O)c1C. The Morgan fingerprint density at radius 3 is 2.91 bits per heavy atom. The Morgan fingerprint density at radius 1 is 1.73 bits per heavy atom. The Hall–Kier alpha value is -1.25. The molecule has 0 radical (unpaired) electrons. The molecule has 0 spiro atoms. The summed E-state index contributed by atoms with van der Waals surface area (Å²) in [4.78, 5) is 10.3. The highest BCUT2D eigenvalue weighted by Gasteiger charge is 2.07. The zero-order valence-electron chi connectivity index (χ0n) is 6.59. The second-order valence-corrected chi connectivity index (χ2v) is 2.14. The van der Waals surface area contributed by atoms with Gasteiger partial charge in [-0.3, -0.25) is 4.79 Å². The quantitative estimate of drug-likeness (QED) is 0.623. The van der Waals surface area contributed by atoms with Crippen molar-refractivity contribution in [1.29, 1.82) is 0 Å². The second kappa shape index (κ2) is 3.23. The fourth-order valence-electron chi connectivity index (χ4n) is 0.829. The van der Waals surface area contributed by atoms with Gasteiger partial charge in [-0.15, -0.1) is 0 Å². The van der Waals surface area contributed by atoms with Crippen molar-refractivity contribution >= 4 is 6.29 Å². The van der Waals surface area contributed by atoms with Crippen LogP contribution in [-0.2, 0) is 0 Å². The molecular formula is C8H10O3. The van der Waals surface area contributed by atoms with E-state index in [0.29, 0.717) is 24.4 Å². The monoisotopic (exact) mass is 154 g/mol. The van der Waals surface area contributed by atoms with Crippen molar-refractivity contribution in [3.05, 3.63) is 17.6 Å². The third-order valence-electron chi connectivity index (χ3n) is 1.44. The van der Waals surface area contributed by atoms with Gasteiger partial charge in [0, 0.05) is 5.56 Å². The molecule has 0 unspecified atom stereocenters. The van der Waals surface area contributed by atoms with Crippen molar-refractivity contribution in [2.45, 2.75) is 13.8 Å². The lowest BCUT2D eigenvalue weighted by atomic mass is 10.3. The highest BCUT2D eigenvalue weighted by Crippen LogP contribution is 2.22. The maximum Gasteiger partial charge on any atom is 0.185 e. The molecule has 0 atom stereocenters. The summed E-state index contributed by atoms with van der Waals surface area (Å²) in [5, 5.41) is 0. The number of carbonyl (C=O) groups is 1. The number of carbonyl (C=O) groups excluding carboxylic acids is 1. The first-order valence-corrected chi connectivity index (χ1v) is 3.45. The molecule has 0 N–H and O–H groups in total. The zero-order valence-corrected chi connectivity index (χ0v) is 6.59. The molecule has 0 fully saturated rings. The molecule has 0 aliphatic carbocycles. The first-order valence-electron chi connectivity index (χ1n) is 3.45. The zero-order chi connectivity index (χ0) is 8.27. The summed E-state index contributed by atoms with van der Waals surface area (Å²) in [6.07, 6.45) is 2.13. The summed E-state index contributed by atoms with van der Waals surface area (Å²) in [5.74, 6) is 0.989. The van der Waals surface area contributed by atoms with Crippen LogP contribution in [0.1, 0.15) is 23.0 Å². The van der Waals surface area contributed by atoms with Crippen molar-refractivity contribution in [3.8, 4) is 5.75 Å². The Balaban J connectivity index is 2.90. The lowest BCUT2D eigenvalue weighted by Crippen LogP contribution is -1.91. The Bertz CT molecular complexity index is 250. The number of furan rings is 1. The molecule has 0 bridgehead atoms. The molecule has 0 aromatic carbocycles. The van der Waals surface area contributed by atoms with Gasteiger partial charge in [-0.1, -0.05) is 0 Å². The Labute approximate surface area is 65.0 Å². The average molecular weight is 154 g/mol. The van der Waals surface area contributed by atoms with Crippen molar-refractivity contribution in [2.75, 3.05) is 6.61 Å². The number of aldehydes is 1. The maximum atomic E-state index is 10.3. The van der Waals surface area contributed by atoms with Crippen LogP contribution < -0.4 is 4.74 Å². The van der Waals surface area contributed by atoms with Crippen molar-refractivity contribution in [1.82, 2.24) is 0 Å². The van der Waals surface area contributed by atoms with E-state index < -0.39 is 0 Å². The summed E-state index contributed by atoms with van der Waals surface area (Å²) < 4.78 is 10.1. The van der Waals surface area contributed by atoms with E-state index in [2.05, 4.69) is 0 Å². The maximum absolute atomic E-state index is 10.3. The molecule has 3 nitrogen and oxygen atoms in total. The van der Waals surface area contributed by atoms with Gasteiger partial charge >= 0.3 is 0 Å². The third-order valence-corrected chi connectivity index (χ3v) is 1.44. The summed E-state index contributed by atoms with van der Waals surface area (Å²) >= 11 is 0. The summed E-state index contributed by atoms with van der Waals surface area (Å²) in [7, 11) is 0. The predicted octanol–water partition coefficient (Wildman–Crippen LogP) is 1.80. The van der Waals surface area contributed by atoms with E-state index in [-0.39, 0.29) is 0 Å². The van der Waals surface area contributed by atoms with Crippen molar-refractivity contribution < 1.29 is 13.9 Å². The van der Waals surface area contributed by atoms with E-state index in [1.165, 1.54) is 6.26 Å². The second-order valence-electron chi connectivity index (χ2n) is 2.14. The molecule has 60 valence electrons. The van der Waals surface area contributed by atoms with Gasteiger partial charge in [-0.2, -0.15) is 0 Å². The van der Waals surface area contributed by atoms with Gasteiger partial charge in [-0.25, -0.2) is 0 Å². The smallest absolute Gasteiger partial charge is 0.185 e. The van der Waals surface area contributed by atoms with Gasteiger partial charge in [0.2, 0.25) is 0 Å². The molecule has 1 aromatic rings. The van der Waals surface area contributed by atoms with Gasteiger partial charge in [0.15, 0.2) is 17.8 Å². The molecule has 1 heterocycles. The lowest BCUT2D eigenvalue weighted by molar-refractivity contribution is 0.110. The fraction of sp³-hybridized carbons (Fsp3) is 0.375. The molecule has 1 aromatic heterocycles. The number of hydrogen-bond donors (Lipinski definition) is 0. The Kier molecular flexibility index (Phi) is 2.31. The number of rotatable bonds is 3. The lowest BCUT2D eigenvalue weighted by Gasteiger charge is -1.97. The minimum Gasteiger partial charge on any atom is -0.490 e. The van der Waals surface area contributed by atoms with Crippen molar-refractivity contribution in [2.24, 2.45) is 0 Å². The third kappa shape index (κ3) is 1.42. The van der Waals surface area contributed by atoms with Crippen molar-refractivity contribution in [3.63, 3.8) is 0 Å². The molecule has 3 heteroatoms. The van der Waals surface area contributed by atoms with Crippen LogP contribution in [0.4, 0.5) is 0 Å². The standard InChI is InChI=1S/C8H10O3/c1-3-10-8-5-11-7(4-9)6(8)2/h4-5H,3H2,1-2H3. The van der Waals surface area contributed by atoms with Crippen LogP contribution in [0.15, 0.2) is 10.7 Å². The van der Waals surface area contributed by atoms with E-state index in [1.807, 2.05) is 6.92 Å². The Morgan fingerprint density at radius 2 is 2.45 bits per heavy atom. The molecule has 0 aliphatic rings. The molecule has 11 heavy (non-hydrogen) atoms. The molecule has 1 rings (SSSR count). The minimum absolute atomic E-state index is 0.341. The highest BCUT2D eigenvalue weighted by molar-refractivity contribution is 5.74. The summed E-state index contributed by atoms with van der Waals surface area (Å²) in [6, 6.07) is 0. The van der Waals surface area contributed by atoms with Crippen LogP contribution in [-0.4, -0.2) is 12.9 Å². The largest absolute Gasteiger partial charge is 0.490 e. The molecule has 0 aliphatic heterocycles. The molecule has 0 amide bonds. The molecular weight excluding hydrogens is 144 g/mol. The van der Waals surface area contributed by atoms with Gasteiger partial charge in [0.05, 0.1) is 6.61 Å². The van der Waals surface area contributed by atoms with Gasteiger partial charge in [0.1, 0.15) is 6.26 Å². The van der Waals surface area contributed by atoms with Crippen LogP contribution in [0.2, 0.25) is 0 Å².